The Bertz CT molecular complexity index is 1350. The molecule has 1 aromatic carbocycles. The van der Waals surface area contributed by atoms with Gasteiger partial charge in [0.15, 0.2) is 0 Å². The lowest BCUT2D eigenvalue weighted by Crippen LogP contribution is -2.49. The number of anilines is 3. The van der Waals surface area contributed by atoms with E-state index in [2.05, 4.69) is 22.2 Å². The van der Waals surface area contributed by atoms with E-state index in [1.807, 2.05) is 19.1 Å². The van der Waals surface area contributed by atoms with Crippen LogP contribution >= 0.6 is 22.9 Å². The molecule has 0 radical (unpaired) electrons. The van der Waals surface area contributed by atoms with Crippen molar-refractivity contribution in [3.63, 3.8) is 0 Å². The molecule has 0 saturated carbocycles. The lowest BCUT2D eigenvalue weighted by Gasteiger charge is -2.32. The average Bonchev–Trinajstić information content (AvgIpc) is 3.20. The molecule has 2 aliphatic heterocycles. The monoisotopic (exact) mass is 495 g/mol. The summed E-state index contributed by atoms with van der Waals surface area (Å²) in [5.74, 6) is -0.442. The summed E-state index contributed by atoms with van der Waals surface area (Å²) in [4.78, 5) is 47.1. The van der Waals surface area contributed by atoms with Gasteiger partial charge < -0.3 is 15.5 Å². The van der Waals surface area contributed by atoms with E-state index in [0.29, 0.717) is 50.3 Å². The van der Waals surface area contributed by atoms with Crippen LogP contribution in [0.4, 0.5) is 21.9 Å². The molecule has 174 valence electrons. The van der Waals surface area contributed by atoms with Gasteiger partial charge in [-0.3, -0.25) is 14.5 Å². The van der Waals surface area contributed by atoms with Crippen LogP contribution in [0.3, 0.4) is 0 Å². The van der Waals surface area contributed by atoms with Gasteiger partial charge in [-0.15, -0.1) is 11.3 Å². The molecule has 0 bridgehead atoms. The number of urea groups is 1. The van der Waals surface area contributed by atoms with Crippen LogP contribution in [0, 0.1) is 6.92 Å². The zero-order valence-electron chi connectivity index (χ0n) is 18.4. The molecule has 1 fully saturated rings. The SMILES string of the molecule is C=CC(=O)N1CCCC(NC(=O)c2sc3nccc4c3c2NC(=O)N4c2ccc(C)c(Cl)c2)C1. The Kier molecular flexibility index (Phi) is 5.75. The first kappa shape index (κ1) is 22.4. The second kappa shape index (κ2) is 8.73. The molecule has 3 aromatic rings. The van der Waals surface area contributed by atoms with Crippen LogP contribution in [0.2, 0.25) is 5.02 Å². The number of thiophene rings is 1. The molecule has 2 N–H and O–H groups in total. The molecule has 2 aromatic heterocycles. The van der Waals surface area contributed by atoms with Gasteiger partial charge in [0.05, 0.1) is 22.4 Å². The van der Waals surface area contributed by atoms with E-state index in [0.717, 1.165) is 18.4 Å². The topological polar surface area (TPSA) is 94.6 Å². The van der Waals surface area contributed by atoms with E-state index in [4.69, 9.17) is 11.6 Å². The predicted octanol–water partition coefficient (Wildman–Crippen LogP) is 4.85. The molecule has 0 spiro atoms. The van der Waals surface area contributed by atoms with E-state index in [9.17, 15) is 14.4 Å². The van der Waals surface area contributed by atoms with Gasteiger partial charge in [-0.2, -0.15) is 0 Å². The van der Waals surface area contributed by atoms with Crippen molar-refractivity contribution in [2.75, 3.05) is 23.3 Å². The number of aryl methyl sites for hydroxylation is 1. The number of rotatable bonds is 4. The maximum atomic E-state index is 13.2. The number of hydrogen-bond donors (Lipinski definition) is 2. The summed E-state index contributed by atoms with van der Waals surface area (Å²) in [6, 6.07) is 6.63. The summed E-state index contributed by atoms with van der Waals surface area (Å²) < 4.78 is 0. The van der Waals surface area contributed by atoms with Crippen LogP contribution in [0.15, 0.2) is 43.1 Å². The van der Waals surface area contributed by atoms with Crippen LogP contribution in [-0.2, 0) is 4.79 Å². The van der Waals surface area contributed by atoms with Crippen LogP contribution in [0.25, 0.3) is 10.2 Å². The van der Waals surface area contributed by atoms with Crippen molar-refractivity contribution < 1.29 is 14.4 Å². The third-order valence-electron chi connectivity index (χ3n) is 6.11. The summed E-state index contributed by atoms with van der Waals surface area (Å²) in [7, 11) is 0. The number of amides is 4. The minimum absolute atomic E-state index is 0.145. The Labute approximate surface area is 205 Å². The Hall–Kier alpha value is -3.43. The molecule has 0 aliphatic carbocycles. The number of likely N-dealkylation sites (tertiary alicyclic amines) is 1. The van der Waals surface area contributed by atoms with Crippen molar-refractivity contribution in [2.24, 2.45) is 0 Å². The number of nitrogens with one attached hydrogen (secondary N) is 2. The van der Waals surface area contributed by atoms with E-state index >= 15 is 0 Å². The van der Waals surface area contributed by atoms with Crippen LogP contribution in [-0.4, -0.2) is 46.9 Å². The molecular weight excluding hydrogens is 474 g/mol. The number of carbonyl (C=O) groups excluding carboxylic acids is 3. The number of aromatic nitrogens is 1. The van der Waals surface area contributed by atoms with Gasteiger partial charge in [0, 0.05) is 30.4 Å². The second-order valence-corrected chi connectivity index (χ2v) is 9.72. The van der Waals surface area contributed by atoms with Crippen molar-refractivity contribution in [3.8, 4) is 0 Å². The highest BCUT2D eigenvalue weighted by molar-refractivity contribution is 7.21. The quantitative estimate of drug-likeness (QED) is 0.506. The molecule has 34 heavy (non-hydrogen) atoms. The molecule has 1 unspecified atom stereocenters. The normalized spacial score (nSPS) is 17.5. The summed E-state index contributed by atoms with van der Waals surface area (Å²) in [5.41, 5.74) is 2.63. The number of nitrogens with zero attached hydrogens (tertiary/aromatic N) is 3. The minimum atomic E-state index is -0.382. The molecule has 5 rings (SSSR count). The number of pyridine rings is 1. The highest BCUT2D eigenvalue weighted by atomic mass is 35.5. The summed E-state index contributed by atoms with van der Waals surface area (Å²) >= 11 is 7.54. The van der Waals surface area contributed by atoms with E-state index < -0.39 is 0 Å². The average molecular weight is 496 g/mol. The fraction of sp³-hybridized carbons (Fsp3) is 0.250. The second-order valence-electron chi connectivity index (χ2n) is 8.32. The highest BCUT2D eigenvalue weighted by Crippen LogP contribution is 2.46. The van der Waals surface area contributed by atoms with Crippen LogP contribution in [0.1, 0.15) is 28.1 Å². The summed E-state index contributed by atoms with van der Waals surface area (Å²) in [6.07, 6.45) is 4.47. The lowest BCUT2D eigenvalue weighted by atomic mass is 10.1. The highest BCUT2D eigenvalue weighted by Gasteiger charge is 2.33. The Morgan fingerprint density at radius 1 is 1.35 bits per heavy atom. The van der Waals surface area contributed by atoms with Gasteiger partial charge >= 0.3 is 6.03 Å². The lowest BCUT2D eigenvalue weighted by molar-refractivity contribution is -0.127. The fourth-order valence-electron chi connectivity index (χ4n) is 4.40. The summed E-state index contributed by atoms with van der Waals surface area (Å²) in [5, 5.41) is 7.18. The van der Waals surface area contributed by atoms with Crippen LogP contribution < -0.4 is 15.5 Å². The number of hydrogen-bond acceptors (Lipinski definition) is 5. The van der Waals surface area contributed by atoms with Crippen molar-refractivity contribution >= 4 is 68.1 Å². The van der Waals surface area contributed by atoms with Gasteiger partial charge in [-0.1, -0.05) is 24.2 Å². The molecule has 8 nitrogen and oxygen atoms in total. The first-order valence-corrected chi connectivity index (χ1v) is 12.1. The van der Waals surface area contributed by atoms with Crippen molar-refractivity contribution in [2.45, 2.75) is 25.8 Å². The van der Waals surface area contributed by atoms with E-state index in [1.54, 1.807) is 23.2 Å². The first-order chi connectivity index (χ1) is 16.4. The van der Waals surface area contributed by atoms with E-state index in [1.165, 1.54) is 22.3 Å². The third kappa shape index (κ3) is 3.80. The van der Waals surface area contributed by atoms with Crippen molar-refractivity contribution in [1.29, 1.82) is 0 Å². The van der Waals surface area contributed by atoms with Gasteiger partial charge in [-0.25, -0.2) is 9.78 Å². The Morgan fingerprint density at radius 2 is 2.18 bits per heavy atom. The van der Waals surface area contributed by atoms with Crippen molar-refractivity contribution in [1.82, 2.24) is 15.2 Å². The number of benzene rings is 1. The maximum absolute atomic E-state index is 13.2. The minimum Gasteiger partial charge on any atom is -0.347 e. The third-order valence-corrected chi connectivity index (χ3v) is 7.61. The van der Waals surface area contributed by atoms with Gasteiger partial charge in [0.25, 0.3) is 5.91 Å². The molecule has 1 atom stereocenters. The first-order valence-electron chi connectivity index (χ1n) is 10.9. The largest absolute Gasteiger partial charge is 0.347 e. The molecule has 10 heteroatoms. The fourth-order valence-corrected chi connectivity index (χ4v) is 5.59. The van der Waals surface area contributed by atoms with Gasteiger partial charge in [-0.05, 0) is 49.6 Å². The van der Waals surface area contributed by atoms with Gasteiger partial charge in [0.1, 0.15) is 9.71 Å². The maximum Gasteiger partial charge on any atom is 0.331 e. The smallest absolute Gasteiger partial charge is 0.331 e. The molecular formula is C24H22ClN5O3S. The molecule has 4 heterocycles. The standard InChI is InChI=1S/C24H22ClN5O3S/c1-3-18(31)29-10-4-5-14(12-29)27-22(32)21-20-19-17(8-9-26-23(19)34-21)30(24(33)28-20)15-7-6-13(2)16(25)11-15/h3,6-9,11,14H,1,4-5,10,12H2,2H3,(H,27,32)(H,28,33). The number of piperidine rings is 1. The molecule has 1 saturated heterocycles. The Morgan fingerprint density at radius 3 is 2.94 bits per heavy atom. The Balaban J connectivity index is 1.48. The molecule has 4 amide bonds. The number of carbonyl (C=O) groups is 3. The zero-order valence-corrected chi connectivity index (χ0v) is 20.0. The van der Waals surface area contributed by atoms with E-state index in [-0.39, 0.29) is 23.9 Å². The number of halogens is 1. The van der Waals surface area contributed by atoms with Crippen molar-refractivity contribution in [3.05, 3.63) is 58.6 Å². The zero-order chi connectivity index (χ0) is 24.0. The van der Waals surface area contributed by atoms with Gasteiger partial charge in [0.2, 0.25) is 5.91 Å². The molecule has 2 aliphatic rings. The van der Waals surface area contributed by atoms with Crippen LogP contribution in [0.5, 0.6) is 0 Å². The predicted molar refractivity (Wildman–Crippen MR) is 134 cm³/mol. The summed E-state index contributed by atoms with van der Waals surface area (Å²) in [6.45, 7) is 6.51.